The molecule has 5 aromatic rings. The molecule has 1 aromatic heterocycles. The van der Waals surface area contributed by atoms with Crippen molar-refractivity contribution in [3.8, 4) is 33.5 Å². The minimum Gasteiger partial charge on any atom is -0.507 e. The highest BCUT2D eigenvalue weighted by atomic mass is 32.1. The number of rotatable bonds is 4. The third-order valence-electron chi connectivity index (χ3n) is 7.98. The van der Waals surface area contributed by atoms with Crippen LogP contribution in [0.3, 0.4) is 0 Å². The molecule has 0 aliphatic heterocycles. The van der Waals surface area contributed by atoms with Gasteiger partial charge in [0.15, 0.2) is 0 Å². The smallest absolute Gasteiger partial charge is 0.128 e. The van der Waals surface area contributed by atoms with Crippen molar-refractivity contribution in [1.29, 1.82) is 5.26 Å². The zero-order valence-electron chi connectivity index (χ0n) is 27.2. The first-order valence-electron chi connectivity index (χ1n) is 15.0. The Morgan fingerprint density at radius 3 is 2.02 bits per heavy atom. The van der Waals surface area contributed by atoms with Gasteiger partial charge in [0.05, 0.1) is 27.5 Å². The van der Waals surface area contributed by atoms with E-state index in [1.165, 1.54) is 5.56 Å². The monoisotopic (exact) mass is 599 g/mol. The van der Waals surface area contributed by atoms with E-state index in [1.807, 2.05) is 48.5 Å². The number of hydrogen-bond donors (Lipinski definition) is 1. The lowest BCUT2D eigenvalue weighted by molar-refractivity contribution is 0.444. The Morgan fingerprint density at radius 2 is 1.41 bits per heavy atom. The molecule has 0 atom stereocenters. The third kappa shape index (κ3) is 6.32. The summed E-state index contributed by atoms with van der Waals surface area (Å²) in [4.78, 5) is 10.1. The maximum absolute atomic E-state index is 11.3. The van der Waals surface area contributed by atoms with E-state index in [9.17, 15) is 10.4 Å². The molecule has 0 saturated heterocycles. The van der Waals surface area contributed by atoms with Crippen LogP contribution in [-0.4, -0.2) is 16.3 Å². The average molecular weight is 600 g/mol. The van der Waals surface area contributed by atoms with E-state index in [2.05, 4.69) is 92.6 Å². The molecule has 4 nitrogen and oxygen atoms in total. The second-order valence-corrected chi connectivity index (χ2v) is 15.6. The summed E-state index contributed by atoms with van der Waals surface area (Å²) in [6.45, 7) is 19.6. The maximum Gasteiger partial charge on any atom is 0.128 e. The fraction of sp³-hybridized carbons (Fsp3) is 0.308. The zero-order valence-corrected chi connectivity index (χ0v) is 28.0. The topological polar surface area (TPSA) is 69.3 Å². The highest BCUT2D eigenvalue weighted by Gasteiger charge is 2.25. The number of phenolic OH excluding ortho intramolecular Hbond substituents is 1. The molecule has 0 fully saturated rings. The quantitative estimate of drug-likeness (QED) is 0.209. The molecule has 0 radical (unpaired) electrons. The molecule has 0 unspecified atom stereocenters. The van der Waals surface area contributed by atoms with Crippen LogP contribution in [-0.2, 0) is 16.2 Å². The van der Waals surface area contributed by atoms with Gasteiger partial charge in [-0.05, 0) is 75.4 Å². The summed E-state index contributed by atoms with van der Waals surface area (Å²) in [5.74, 6) is 0.272. The number of benzene rings is 4. The number of aliphatic imine (C=N–C) groups is 1. The Kier molecular flexibility index (Phi) is 8.03. The molecule has 0 spiro atoms. The van der Waals surface area contributed by atoms with Crippen molar-refractivity contribution in [2.24, 2.45) is 4.99 Å². The Balaban J connectivity index is 1.65. The first kappa shape index (κ1) is 31.2. The zero-order chi connectivity index (χ0) is 32.0. The molecule has 0 aliphatic carbocycles. The molecule has 4 aromatic carbocycles. The van der Waals surface area contributed by atoms with Crippen molar-refractivity contribution in [3.63, 3.8) is 0 Å². The molecule has 5 rings (SSSR count). The summed E-state index contributed by atoms with van der Waals surface area (Å²) in [5.41, 5.74) is 9.07. The first-order valence-corrected chi connectivity index (χ1v) is 15.8. The van der Waals surface area contributed by atoms with Crippen LogP contribution in [0.1, 0.15) is 90.1 Å². The Labute approximate surface area is 265 Å². The molecule has 5 heteroatoms. The summed E-state index contributed by atoms with van der Waals surface area (Å²) in [6, 6.07) is 26.6. The Morgan fingerprint density at radius 1 is 0.773 bits per heavy atom. The van der Waals surface area contributed by atoms with Crippen molar-refractivity contribution < 1.29 is 5.11 Å². The minimum atomic E-state index is -0.217. The standard InChI is InChI=1S/C39H41N3OS/c1-37(2,3)27-18-26(35(43)31(20-27)39(7,8)9)23-41-32-13-11-10-12-29(32)36-42-34-30(25-16-14-24(22-40)15-17-25)19-28(38(4,5)6)21-33(34)44-36/h10-21,23,43H,1-9H3. The highest BCUT2D eigenvalue weighted by Crippen LogP contribution is 2.42. The van der Waals surface area contributed by atoms with Crippen LogP contribution in [0, 0.1) is 11.3 Å². The van der Waals surface area contributed by atoms with Crippen molar-refractivity contribution in [2.45, 2.75) is 78.6 Å². The van der Waals surface area contributed by atoms with Gasteiger partial charge in [0, 0.05) is 28.5 Å². The van der Waals surface area contributed by atoms with Gasteiger partial charge in [0.25, 0.3) is 0 Å². The lowest BCUT2D eigenvalue weighted by atomic mass is 9.79. The fourth-order valence-corrected chi connectivity index (χ4v) is 6.25. The summed E-state index contributed by atoms with van der Waals surface area (Å²) < 4.78 is 1.11. The lowest BCUT2D eigenvalue weighted by Crippen LogP contribution is -2.17. The summed E-state index contributed by atoms with van der Waals surface area (Å²) in [5, 5.41) is 21.5. The van der Waals surface area contributed by atoms with E-state index < -0.39 is 0 Å². The maximum atomic E-state index is 11.3. The van der Waals surface area contributed by atoms with Crippen molar-refractivity contribution in [1.82, 2.24) is 4.98 Å². The number of phenols is 1. The van der Waals surface area contributed by atoms with E-state index in [1.54, 1.807) is 17.6 Å². The van der Waals surface area contributed by atoms with Crippen molar-refractivity contribution >= 4 is 33.5 Å². The van der Waals surface area contributed by atoms with Crippen LogP contribution in [0.15, 0.2) is 77.8 Å². The number of aromatic hydroxyl groups is 1. The SMILES string of the molecule is CC(C)(C)c1cc(C=Nc2ccccc2-c2nc3c(-c4ccc(C#N)cc4)cc(C(C)(C)C)cc3s2)c(O)c(C(C)(C)C)c1. The van der Waals surface area contributed by atoms with Gasteiger partial charge in [-0.1, -0.05) is 92.6 Å². The van der Waals surface area contributed by atoms with Crippen LogP contribution in [0.2, 0.25) is 0 Å². The number of hydrogen-bond acceptors (Lipinski definition) is 5. The largest absolute Gasteiger partial charge is 0.507 e. The van der Waals surface area contributed by atoms with Crippen LogP contribution in [0.25, 0.3) is 31.9 Å². The van der Waals surface area contributed by atoms with Crippen LogP contribution < -0.4 is 0 Å². The molecule has 44 heavy (non-hydrogen) atoms. The minimum absolute atomic E-state index is 0.0443. The number of thiazole rings is 1. The molecule has 1 heterocycles. The molecule has 224 valence electrons. The van der Waals surface area contributed by atoms with Gasteiger partial charge in [-0.25, -0.2) is 4.98 Å². The van der Waals surface area contributed by atoms with Gasteiger partial charge in [0.2, 0.25) is 0 Å². The molecule has 0 bridgehead atoms. The molecule has 1 N–H and O–H groups in total. The van der Waals surface area contributed by atoms with Gasteiger partial charge in [-0.2, -0.15) is 5.26 Å². The van der Waals surface area contributed by atoms with Gasteiger partial charge < -0.3 is 5.11 Å². The number of para-hydroxylation sites is 1. The second kappa shape index (κ2) is 11.3. The lowest BCUT2D eigenvalue weighted by Gasteiger charge is -2.27. The van der Waals surface area contributed by atoms with Gasteiger partial charge >= 0.3 is 0 Å². The number of fused-ring (bicyclic) bond motifs is 1. The fourth-order valence-electron chi connectivity index (χ4n) is 5.19. The van der Waals surface area contributed by atoms with Crippen molar-refractivity contribution in [2.75, 3.05) is 0 Å². The Bertz CT molecular complexity index is 1920. The number of nitriles is 1. The molecular weight excluding hydrogens is 559 g/mol. The molecular formula is C39H41N3OS. The Hall–Kier alpha value is -4.27. The van der Waals surface area contributed by atoms with Gasteiger partial charge in [0.1, 0.15) is 10.8 Å². The predicted octanol–water partition coefficient (Wildman–Crippen LogP) is 10.9. The number of aromatic nitrogens is 1. The van der Waals surface area contributed by atoms with Crippen LogP contribution >= 0.6 is 11.3 Å². The molecule has 0 amide bonds. The predicted molar refractivity (Wildman–Crippen MR) is 187 cm³/mol. The van der Waals surface area contributed by atoms with E-state index >= 15 is 0 Å². The van der Waals surface area contributed by atoms with Crippen molar-refractivity contribution in [3.05, 3.63) is 101 Å². The second-order valence-electron chi connectivity index (χ2n) is 14.6. The third-order valence-corrected chi connectivity index (χ3v) is 9.01. The molecule has 0 saturated carbocycles. The molecule has 0 aliphatic rings. The van der Waals surface area contributed by atoms with Crippen LogP contribution in [0.4, 0.5) is 5.69 Å². The van der Waals surface area contributed by atoms with Gasteiger partial charge in [-0.15, -0.1) is 11.3 Å². The highest BCUT2D eigenvalue weighted by molar-refractivity contribution is 7.21. The van der Waals surface area contributed by atoms with Gasteiger partial charge in [-0.3, -0.25) is 4.99 Å². The normalized spacial score (nSPS) is 12.6. The number of nitrogens with zero attached hydrogens (tertiary/aromatic N) is 3. The summed E-state index contributed by atoms with van der Waals surface area (Å²) >= 11 is 1.66. The van der Waals surface area contributed by atoms with E-state index in [0.29, 0.717) is 11.1 Å². The van der Waals surface area contributed by atoms with Crippen LogP contribution in [0.5, 0.6) is 5.75 Å². The summed E-state index contributed by atoms with van der Waals surface area (Å²) in [6.07, 6.45) is 1.78. The van der Waals surface area contributed by atoms with E-state index in [-0.39, 0.29) is 22.0 Å². The van der Waals surface area contributed by atoms with E-state index in [4.69, 9.17) is 9.98 Å². The average Bonchev–Trinajstić information content (AvgIpc) is 3.39. The van der Waals surface area contributed by atoms with E-state index in [0.717, 1.165) is 48.7 Å². The summed E-state index contributed by atoms with van der Waals surface area (Å²) in [7, 11) is 0. The first-order chi connectivity index (χ1) is 20.6.